The number of hydrogen-bond acceptors (Lipinski definition) is 5. The summed E-state index contributed by atoms with van der Waals surface area (Å²) in [6.45, 7) is 1.43. The molecular formula is C22H31FN2O4. The van der Waals surface area contributed by atoms with E-state index in [0.29, 0.717) is 37.7 Å². The van der Waals surface area contributed by atoms with Gasteiger partial charge in [0.25, 0.3) is 0 Å². The summed E-state index contributed by atoms with van der Waals surface area (Å²) >= 11 is 0. The number of β-amino-alcohol motifs (C(OH)–C–C–N with tert-alkyl or cyclic N) is 1. The maximum absolute atomic E-state index is 14.2. The molecule has 3 aliphatic rings. The molecule has 1 aliphatic carbocycles. The van der Waals surface area contributed by atoms with Crippen molar-refractivity contribution in [2.24, 2.45) is 0 Å². The number of benzene rings is 1. The topological polar surface area (TPSA) is 71.0 Å². The van der Waals surface area contributed by atoms with Crippen molar-refractivity contribution in [1.29, 1.82) is 0 Å². The van der Waals surface area contributed by atoms with Crippen LogP contribution >= 0.6 is 0 Å². The first-order chi connectivity index (χ1) is 14.1. The summed E-state index contributed by atoms with van der Waals surface area (Å²) < 4.78 is 26.1. The number of halogens is 1. The number of carbonyl (C=O) groups excluding carboxylic acids is 1. The fourth-order valence-electron chi connectivity index (χ4n) is 4.52. The van der Waals surface area contributed by atoms with Crippen LogP contribution in [0.4, 0.5) is 4.39 Å². The van der Waals surface area contributed by atoms with Gasteiger partial charge in [0, 0.05) is 30.7 Å². The zero-order valence-electron chi connectivity index (χ0n) is 16.8. The van der Waals surface area contributed by atoms with E-state index >= 15 is 0 Å². The van der Waals surface area contributed by atoms with Crippen molar-refractivity contribution in [3.05, 3.63) is 35.6 Å². The van der Waals surface area contributed by atoms with Gasteiger partial charge in [-0.3, -0.25) is 9.69 Å². The highest BCUT2D eigenvalue weighted by Gasteiger charge is 2.38. The third-order valence-electron chi connectivity index (χ3n) is 6.30. The lowest BCUT2D eigenvalue weighted by atomic mass is 9.92. The maximum Gasteiger partial charge on any atom is 0.222 e. The number of hydrogen-bond donors (Lipinski definition) is 2. The van der Waals surface area contributed by atoms with Crippen LogP contribution in [0, 0.1) is 5.82 Å². The molecule has 2 N–H and O–H groups in total. The number of rotatable bonds is 5. The predicted octanol–water partition coefficient (Wildman–Crippen LogP) is 1.99. The second-order valence-electron chi connectivity index (χ2n) is 8.55. The molecule has 6 nitrogen and oxygen atoms in total. The van der Waals surface area contributed by atoms with Crippen molar-refractivity contribution in [1.82, 2.24) is 10.2 Å². The SMILES string of the molecule is O=C(C[C@H]1CC[C@@H]2[C@H](COC[C@@H](O)CN2Cc2ccccc2F)O1)NC1CCC1. The monoisotopic (exact) mass is 406 g/mol. The third kappa shape index (κ3) is 5.34. The van der Waals surface area contributed by atoms with E-state index in [4.69, 9.17) is 9.47 Å². The standard InChI is InChI=1S/C22H31FN2O4/c23-19-7-2-1-4-15(19)11-25-12-17(26)13-28-14-21-20(25)9-8-18(29-21)10-22(27)24-16-5-3-6-16/h1-2,4,7,16-18,20-21,26H,3,5-6,8-14H2,(H,24,27)/t17-,18+,20+,21-/m0/s1. The van der Waals surface area contributed by atoms with Crippen LogP contribution in [0.25, 0.3) is 0 Å². The summed E-state index contributed by atoms with van der Waals surface area (Å²) in [6.07, 6.45) is 4.37. The van der Waals surface area contributed by atoms with Crippen LogP contribution in [0.5, 0.6) is 0 Å². The second-order valence-corrected chi connectivity index (χ2v) is 8.55. The predicted molar refractivity (Wildman–Crippen MR) is 106 cm³/mol. The Morgan fingerprint density at radius 2 is 2.03 bits per heavy atom. The molecule has 4 rings (SSSR count). The van der Waals surface area contributed by atoms with Crippen LogP contribution in [-0.4, -0.2) is 66.1 Å². The largest absolute Gasteiger partial charge is 0.389 e. The number of aliphatic hydroxyl groups excluding tert-OH is 1. The molecule has 1 aromatic carbocycles. The molecule has 2 heterocycles. The number of carbonyl (C=O) groups is 1. The number of nitrogens with one attached hydrogen (secondary N) is 1. The van der Waals surface area contributed by atoms with Crippen molar-refractivity contribution < 1.29 is 23.8 Å². The van der Waals surface area contributed by atoms with Crippen LogP contribution in [0.1, 0.15) is 44.1 Å². The van der Waals surface area contributed by atoms with E-state index in [1.165, 1.54) is 12.5 Å². The van der Waals surface area contributed by atoms with Crippen molar-refractivity contribution >= 4 is 5.91 Å². The van der Waals surface area contributed by atoms with Gasteiger partial charge >= 0.3 is 0 Å². The first kappa shape index (κ1) is 20.7. The first-order valence-corrected chi connectivity index (χ1v) is 10.8. The number of nitrogens with zero attached hydrogens (tertiary/aromatic N) is 1. The Hall–Kier alpha value is -1.54. The van der Waals surface area contributed by atoms with Gasteiger partial charge in [0.1, 0.15) is 5.82 Å². The van der Waals surface area contributed by atoms with Crippen molar-refractivity contribution in [3.63, 3.8) is 0 Å². The molecule has 1 saturated carbocycles. The summed E-state index contributed by atoms with van der Waals surface area (Å²) in [4.78, 5) is 14.4. The highest BCUT2D eigenvalue weighted by molar-refractivity contribution is 5.76. The van der Waals surface area contributed by atoms with Gasteiger partial charge in [-0.05, 0) is 38.2 Å². The van der Waals surface area contributed by atoms with Gasteiger partial charge in [-0.15, -0.1) is 0 Å². The first-order valence-electron chi connectivity index (χ1n) is 10.8. The molecule has 2 aliphatic heterocycles. The number of amides is 1. The zero-order valence-corrected chi connectivity index (χ0v) is 16.8. The fraction of sp³-hybridized carbons (Fsp3) is 0.682. The van der Waals surface area contributed by atoms with Crippen LogP contribution < -0.4 is 5.32 Å². The number of fused-ring (bicyclic) bond motifs is 1. The van der Waals surface area contributed by atoms with E-state index in [-0.39, 0.29) is 36.6 Å². The molecule has 3 fully saturated rings. The van der Waals surface area contributed by atoms with Crippen LogP contribution in [-0.2, 0) is 20.8 Å². The minimum absolute atomic E-state index is 0.0236. The average Bonchev–Trinajstić information content (AvgIpc) is 2.65. The third-order valence-corrected chi connectivity index (χ3v) is 6.30. The number of ether oxygens (including phenoxy) is 2. The van der Waals surface area contributed by atoms with Crippen LogP contribution in [0.2, 0.25) is 0 Å². The van der Waals surface area contributed by atoms with E-state index in [0.717, 1.165) is 25.7 Å². The van der Waals surface area contributed by atoms with Gasteiger partial charge in [0.15, 0.2) is 0 Å². The number of aliphatic hydroxyl groups is 1. The Bertz CT molecular complexity index is 699. The van der Waals surface area contributed by atoms with Gasteiger partial charge in [0.05, 0.1) is 37.9 Å². The minimum Gasteiger partial charge on any atom is -0.389 e. The Labute approximate surface area is 171 Å². The Morgan fingerprint density at radius 3 is 2.79 bits per heavy atom. The molecule has 0 radical (unpaired) electrons. The van der Waals surface area contributed by atoms with E-state index < -0.39 is 6.10 Å². The molecule has 1 aromatic rings. The van der Waals surface area contributed by atoms with Gasteiger partial charge in [-0.2, -0.15) is 0 Å². The van der Waals surface area contributed by atoms with E-state index in [1.54, 1.807) is 12.1 Å². The van der Waals surface area contributed by atoms with Crippen molar-refractivity contribution in [2.75, 3.05) is 19.8 Å². The quantitative estimate of drug-likeness (QED) is 0.783. The molecule has 29 heavy (non-hydrogen) atoms. The van der Waals surface area contributed by atoms with Gasteiger partial charge < -0.3 is 19.9 Å². The molecule has 1 amide bonds. The zero-order chi connectivity index (χ0) is 20.2. The Morgan fingerprint density at radius 1 is 1.21 bits per heavy atom. The smallest absolute Gasteiger partial charge is 0.222 e. The van der Waals surface area contributed by atoms with Crippen LogP contribution in [0.3, 0.4) is 0 Å². The van der Waals surface area contributed by atoms with Gasteiger partial charge in [-0.25, -0.2) is 4.39 Å². The molecule has 4 atom stereocenters. The summed E-state index contributed by atoms with van der Waals surface area (Å²) in [7, 11) is 0. The molecule has 0 spiro atoms. The minimum atomic E-state index is -0.617. The van der Waals surface area contributed by atoms with Gasteiger partial charge in [0.2, 0.25) is 5.91 Å². The molecular weight excluding hydrogens is 375 g/mol. The molecule has 160 valence electrons. The summed E-state index contributed by atoms with van der Waals surface area (Å²) in [5, 5.41) is 13.3. The summed E-state index contributed by atoms with van der Waals surface area (Å²) in [6, 6.07) is 7.11. The lowest BCUT2D eigenvalue weighted by Gasteiger charge is -2.44. The summed E-state index contributed by atoms with van der Waals surface area (Å²) in [5.41, 5.74) is 0.613. The van der Waals surface area contributed by atoms with Crippen molar-refractivity contribution in [2.45, 2.75) is 75.5 Å². The molecule has 0 bridgehead atoms. The van der Waals surface area contributed by atoms with Crippen LogP contribution in [0.15, 0.2) is 24.3 Å². The highest BCUT2D eigenvalue weighted by Crippen LogP contribution is 2.29. The molecule has 0 aromatic heterocycles. The average molecular weight is 406 g/mol. The Balaban J connectivity index is 1.40. The van der Waals surface area contributed by atoms with Gasteiger partial charge in [-0.1, -0.05) is 18.2 Å². The normalized spacial score (nSPS) is 31.2. The van der Waals surface area contributed by atoms with E-state index in [9.17, 15) is 14.3 Å². The molecule has 2 saturated heterocycles. The molecule has 7 heteroatoms. The lowest BCUT2D eigenvalue weighted by molar-refractivity contribution is -0.158. The highest BCUT2D eigenvalue weighted by atomic mass is 19.1. The Kier molecular flexibility index (Phi) is 6.80. The van der Waals surface area contributed by atoms with E-state index in [2.05, 4.69) is 10.2 Å². The maximum atomic E-state index is 14.2. The molecule has 0 unspecified atom stereocenters. The van der Waals surface area contributed by atoms with Crippen molar-refractivity contribution in [3.8, 4) is 0 Å². The lowest BCUT2D eigenvalue weighted by Crippen LogP contribution is -2.55. The summed E-state index contributed by atoms with van der Waals surface area (Å²) in [5.74, 6) is -0.178. The van der Waals surface area contributed by atoms with E-state index in [1.807, 2.05) is 6.07 Å². The second kappa shape index (κ2) is 9.51. The fourth-order valence-corrected chi connectivity index (χ4v) is 4.52.